The summed E-state index contributed by atoms with van der Waals surface area (Å²) in [6.07, 6.45) is 7.18. The fourth-order valence-corrected chi connectivity index (χ4v) is 3.30. The lowest BCUT2D eigenvalue weighted by molar-refractivity contribution is -0.136. The standard InChI is InChI=1S/C19H30N2O2/c1-4-7-8-9-10-14-21-17-15(20)12-11-13-16(17)23-19(5-2,6-3)18(21)22/h11-13H,4-10,14,20H2,1-3H3. The number of carbonyl (C=O) groups excluding carboxylic acids is 1. The van der Waals surface area contributed by atoms with Gasteiger partial charge in [0.2, 0.25) is 0 Å². The van der Waals surface area contributed by atoms with Crippen LogP contribution in [0.4, 0.5) is 11.4 Å². The number of carbonyl (C=O) groups is 1. The Morgan fingerprint density at radius 3 is 2.43 bits per heavy atom. The number of nitrogen functional groups attached to an aromatic ring is 1. The summed E-state index contributed by atoms with van der Waals surface area (Å²) in [7, 11) is 0. The van der Waals surface area contributed by atoms with E-state index >= 15 is 0 Å². The van der Waals surface area contributed by atoms with Crippen molar-refractivity contribution in [2.24, 2.45) is 0 Å². The highest BCUT2D eigenvalue weighted by Gasteiger charge is 2.46. The summed E-state index contributed by atoms with van der Waals surface area (Å²) in [5, 5.41) is 0. The second kappa shape index (κ2) is 7.71. The maximum absolute atomic E-state index is 13.1. The molecule has 0 spiro atoms. The van der Waals surface area contributed by atoms with Crippen molar-refractivity contribution in [2.75, 3.05) is 17.2 Å². The molecule has 23 heavy (non-hydrogen) atoms. The molecule has 2 rings (SSSR count). The summed E-state index contributed by atoms with van der Waals surface area (Å²) >= 11 is 0. The highest BCUT2D eigenvalue weighted by atomic mass is 16.5. The van der Waals surface area contributed by atoms with Crippen LogP contribution in [0.3, 0.4) is 0 Å². The summed E-state index contributed by atoms with van der Waals surface area (Å²) in [6, 6.07) is 5.65. The first kappa shape index (κ1) is 17.6. The van der Waals surface area contributed by atoms with E-state index in [1.54, 1.807) is 0 Å². The minimum Gasteiger partial charge on any atom is -0.475 e. The van der Waals surface area contributed by atoms with E-state index in [9.17, 15) is 4.79 Å². The molecule has 0 atom stereocenters. The molecule has 0 fully saturated rings. The van der Waals surface area contributed by atoms with Gasteiger partial charge in [-0.25, -0.2) is 0 Å². The van der Waals surface area contributed by atoms with E-state index in [4.69, 9.17) is 10.5 Å². The van der Waals surface area contributed by atoms with Gasteiger partial charge in [-0.15, -0.1) is 0 Å². The number of unbranched alkanes of at least 4 members (excludes halogenated alkanes) is 4. The van der Waals surface area contributed by atoms with Gasteiger partial charge in [-0.3, -0.25) is 4.79 Å². The molecular weight excluding hydrogens is 288 g/mol. The topological polar surface area (TPSA) is 55.6 Å². The second-order valence-electron chi connectivity index (χ2n) is 6.37. The molecule has 1 aliphatic rings. The van der Waals surface area contributed by atoms with Crippen molar-refractivity contribution in [1.82, 2.24) is 0 Å². The summed E-state index contributed by atoms with van der Waals surface area (Å²) in [5.41, 5.74) is 6.77. The third-order valence-corrected chi connectivity index (χ3v) is 4.87. The lowest BCUT2D eigenvalue weighted by Gasteiger charge is -2.42. The van der Waals surface area contributed by atoms with Crippen molar-refractivity contribution < 1.29 is 9.53 Å². The van der Waals surface area contributed by atoms with Gasteiger partial charge >= 0.3 is 0 Å². The van der Waals surface area contributed by atoms with E-state index in [2.05, 4.69) is 6.92 Å². The lowest BCUT2D eigenvalue weighted by atomic mass is 9.92. The summed E-state index contributed by atoms with van der Waals surface area (Å²) in [5.74, 6) is 0.797. The molecule has 1 aromatic carbocycles. The van der Waals surface area contributed by atoms with Crippen LogP contribution in [-0.2, 0) is 4.79 Å². The molecule has 0 aliphatic carbocycles. The first-order valence-corrected chi connectivity index (χ1v) is 8.99. The number of hydrogen-bond acceptors (Lipinski definition) is 3. The monoisotopic (exact) mass is 318 g/mol. The maximum Gasteiger partial charge on any atom is 0.271 e. The van der Waals surface area contributed by atoms with Gasteiger partial charge in [0.25, 0.3) is 5.91 Å². The Morgan fingerprint density at radius 2 is 1.78 bits per heavy atom. The zero-order valence-corrected chi connectivity index (χ0v) is 14.7. The van der Waals surface area contributed by atoms with Gasteiger partial charge in [0.05, 0.1) is 5.69 Å². The number of hydrogen-bond donors (Lipinski definition) is 1. The van der Waals surface area contributed by atoms with Crippen molar-refractivity contribution in [3.63, 3.8) is 0 Å². The Kier molecular flexibility index (Phi) is 5.91. The van der Waals surface area contributed by atoms with Crippen LogP contribution in [0.2, 0.25) is 0 Å². The molecule has 0 saturated heterocycles. The van der Waals surface area contributed by atoms with Gasteiger partial charge in [0.15, 0.2) is 5.60 Å². The summed E-state index contributed by atoms with van der Waals surface area (Å²) in [4.78, 5) is 15.0. The predicted octanol–water partition coefficient (Wildman–Crippen LogP) is 4.52. The maximum atomic E-state index is 13.1. The number of nitrogens with zero attached hydrogens (tertiary/aromatic N) is 1. The quantitative estimate of drug-likeness (QED) is 0.566. The number of para-hydroxylation sites is 1. The average molecular weight is 318 g/mol. The molecule has 128 valence electrons. The highest BCUT2D eigenvalue weighted by Crippen LogP contribution is 2.43. The summed E-state index contributed by atoms with van der Waals surface area (Å²) < 4.78 is 6.11. The van der Waals surface area contributed by atoms with Gasteiger partial charge in [-0.1, -0.05) is 52.5 Å². The first-order valence-electron chi connectivity index (χ1n) is 8.99. The van der Waals surface area contributed by atoms with Crippen molar-refractivity contribution in [3.05, 3.63) is 18.2 Å². The van der Waals surface area contributed by atoms with Crippen LogP contribution in [-0.4, -0.2) is 18.1 Å². The third-order valence-electron chi connectivity index (χ3n) is 4.87. The molecule has 1 aromatic rings. The van der Waals surface area contributed by atoms with E-state index in [1.165, 1.54) is 19.3 Å². The van der Waals surface area contributed by atoms with E-state index in [1.807, 2.05) is 36.9 Å². The molecule has 0 bridgehead atoms. The van der Waals surface area contributed by atoms with Crippen molar-refractivity contribution in [1.29, 1.82) is 0 Å². The highest BCUT2D eigenvalue weighted by molar-refractivity contribution is 6.05. The van der Waals surface area contributed by atoms with E-state index < -0.39 is 5.60 Å². The molecular formula is C19H30N2O2. The second-order valence-corrected chi connectivity index (χ2v) is 6.37. The SMILES string of the molecule is CCCCCCCN1C(=O)C(CC)(CC)Oc2cccc(N)c21. The van der Waals surface area contributed by atoms with E-state index in [0.29, 0.717) is 18.5 Å². The fraction of sp³-hybridized carbons (Fsp3) is 0.632. The van der Waals surface area contributed by atoms with Crippen LogP contribution < -0.4 is 15.4 Å². The van der Waals surface area contributed by atoms with Crippen LogP contribution in [0, 0.1) is 0 Å². The van der Waals surface area contributed by atoms with Crippen LogP contribution in [0.25, 0.3) is 0 Å². The number of fused-ring (bicyclic) bond motifs is 1. The zero-order chi connectivity index (χ0) is 16.9. The van der Waals surface area contributed by atoms with Crippen LogP contribution in [0.15, 0.2) is 18.2 Å². The van der Waals surface area contributed by atoms with Gasteiger partial charge in [-0.2, -0.15) is 0 Å². The number of amides is 1. The van der Waals surface area contributed by atoms with E-state index in [0.717, 1.165) is 30.8 Å². The van der Waals surface area contributed by atoms with E-state index in [-0.39, 0.29) is 5.91 Å². The van der Waals surface area contributed by atoms with Crippen molar-refractivity contribution >= 4 is 17.3 Å². The largest absolute Gasteiger partial charge is 0.475 e. The average Bonchev–Trinajstić information content (AvgIpc) is 2.56. The number of ether oxygens (including phenoxy) is 1. The molecule has 1 aliphatic heterocycles. The Morgan fingerprint density at radius 1 is 1.09 bits per heavy atom. The molecule has 0 aromatic heterocycles. The number of anilines is 2. The Labute approximate surface area is 140 Å². The van der Waals surface area contributed by atoms with Gasteiger partial charge < -0.3 is 15.4 Å². The lowest BCUT2D eigenvalue weighted by Crippen LogP contribution is -2.56. The number of benzene rings is 1. The van der Waals surface area contributed by atoms with Gasteiger partial charge in [0, 0.05) is 6.54 Å². The molecule has 0 radical (unpaired) electrons. The molecule has 1 amide bonds. The molecule has 4 nitrogen and oxygen atoms in total. The Hall–Kier alpha value is -1.71. The fourth-order valence-electron chi connectivity index (χ4n) is 3.30. The van der Waals surface area contributed by atoms with Crippen LogP contribution >= 0.6 is 0 Å². The number of rotatable bonds is 8. The molecule has 2 N–H and O–H groups in total. The smallest absolute Gasteiger partial charge is 0.271 e. The van der Waals surface area contributed by atoms with Gasteiger partial charge in [-0.05, 0) is 31.4 Å². The third kappa shape index (κ3) is 3.46. The van der Waals surface area contributed by atoms with Crippen LogP contribution in [0.5, 0.6) is 5.75 Å². The molecule has 4 heteroatoms. The normalized spacial score (nSPS) is 16.1. The zero-order valence-electron chi connectivity index (χ0n) is 14.7. The minimum atomic E-state index is -0.746. The van der Waals surface area contributed by atoms with Crippen LogP contribution in [0.1, 0.15) is 65.7 Å². The minimum absolute atomic E-state index is 0.0587. The van der Waals surface area contributed by atoms with Crippen molar-refractivity contribution in [3.8, 4) is 5.75 Å². The summed E-state index contributed by atoms with van der Waals surface area (Å²) in [6.45, 7) is 6.95. The number of nitrogens with two attached hydrogens (primary N) is 1. The predicted molar refractivity (Wildman–Crippen MR) is 95.9 cm³/mol. The van der Waals surface area contributed by atoms with Crippen molar-refractivity contribution in [2.45, 2.75) is 71.3 Å². The first-order chi connectivity index (χ1) is 11.1. The molecule has 0 unspecified atom stereocenters. The Balaban J connectivity index is 2.25. The Bertz CT molecular complexity index is 538. The molecule has 1 heterocycles. The molecule has 0 saturated carbocycles. The van der Waals surface area contributed by atoms with Gasteiger partial charge in [0.1, 0.15) is 11.4 Å².